The van der Waals surface area contributed by atoms with Crippen LogP contribution in [-0.4, -0.2) is 28.5 Å². The summed E-state index contributed by atoms with van der Waals surface area (Å²) in [6.45, 7) is 1.95. The Balaban J connectivity index is 1.88. The van der Waals surface area contributed by atoms with E-state index in [0.29, 0.717) is 10.5 Å². The minimum Gasteiger partial charge on any atom is -0.497 e. The van der Waals surface area contributed by atoms with Crippen LogP contribution in [0.2, 0.25) is 0 Å². The van der Waals surface area contributed by atoms with Crippen LogP contribution < -0.4 is 4.74 Å². The van der Waals surface area contributed by atoms with Crippen molar-refractivity contribution in [3.05, 3.63) is 89.2 Å². The molecular formula is C23H20N2O3S. The molecule has 0 saturated heterocycles. The van der Waals surface area contributed by atoms with E-state index in [1.54, 1.807) is 43.6 Å². The zero-order valence-corrected chi connectivity index (χ0v) is 17.2. The highest BCUT2D eigenvalue weighted by molar-refractivity contribution is 7.93. The van der Waals surface area contributed by atoms with E-state index in [-0.39, 0.29) is 5.56 Å². The molecule has 0 fully saturated rings. The van der Waals surface area contributed by atoms with Crippen LogP contribution in [0.3, 0.4) is 0 Å². The highest BCUT2D eigenvalue weighted by atomic mass is 32.2. The van der Waals surface area contributed by atoms with Gasteiger partial charge in [-0.05, 0) is 48.9 Å². The largest absolute Gasteiger partial charge is 0.497 e. The highest BCUT2D eigenvalue weighted by Crippen LogP contribution is 2.16. The van der Waals surface area contributed by atoms with Gasteiger partial charge in [0.05, 0.1) is 22.4 Å². The molecule has 1 heterocycles. The predicted molar refractivity (Wildman–Crippen MR) is 113 cm³/mol. The number of nitrogens with zero attached hydrogens (tertiary/aromatic N) is 2. The lowest BCUT2D eigenvalue weighted by Crippen LogP contribution is -2.04. The van der Waals surface area contributed by atoms with Gasteiger partial charge in [-0.25, -0.2) is 4.21 Å². The van der Waals surface area contributed by atoms with Gasteiger partial charge >= 0.3 is 0 Å². The molecule has 0 aliphatic heterocycles. The van der Waals surface area contributed by atoms with E-state index < -0.39 is 15.6 Å². The Kier molecular flexibility index (Phi) is 6.10. The number of carbonyl (C=O) groups is 1. The number of methoxy groups -OCH3 is 1. The SMILES string of the molecule is COc1ccc(C#Cc2cncc(C(=O)N=S(C)(=O)c3ccccc3)c2)c(C)c1. The van der Waals surface area contributed by atoms with Crippen LogP contribution in [0, 0.1) is 18.8 Å². The van der Waals surface area contributed by atoms with Crippen molar-refractivity contribution in [1.29, 1.82) is 0 Å². The van der Waals surface area contributed by atoms with E-state index in [2.05, 4.69) is 21.2 Å². The Hall–Kier alpha value is -3.43. The van der Waals surface area contributed by atoms with E-state index in [1.165, 1.54) is 12.5 Å². The summed E-state index contributed by atoms with van der Waals surface area (Å²) < 4.78 is 21.9. The van der Waals surface area contributed by atoms with Crippen molar-refractivity contribution >= 4 is 15.6 Å². The molecule has 2 aromatic carbocycles. The summed E-state index contributed by atoms with van der Waals surface area (Å²) in [5.74, 6) is 6.27. The van der Waals surface area contributed by atoms with Crippen molar-refractivity contribution in [2.45, 2.75) is 11.8 Å². The molecule has 29 heavy (non-hydrogen) atoms. The van der Waals surface area contributed by atoms with E-state index in [0.717, 1.165) is 16.9 Å². The topological polar surface area (TPSA) is 68.6 Å². The van der Waals surface area contributed by atoms with Gasteiger partial charge in [-0.2, -0.15) is 4.36 Å². The Morgan fingerprint density at radius 2 is 1.83 bits per heavy atom. The smallest absolute Gasteiger partial charge is 0.286 e. The lowest BCUT2D eigenvalue weighted by molar-refractivity contribution is 0.100. The summed E-state index contributed by atoms with van der Waals surface area (Å²) in [7, 11) is -1.22. The van der Waals surface area contributed by atoms with Crippen molar-refractivity contribution in [2.24, 2.45) is 4.36 Å². The van der Waals surface area contributed by atoms with Crippen LogP contribution in [0.15, 0.2) is 76.2 Å². The molecule has 1 atom stereocenters. The number of hydrogen-bond acceptors (Lipinski definition) is 4. The Labute approximate surface area is 171 Å². The maximum atomic E-state index is 12.8. The van der Waals surface area contributed by atoms with E-state index >= 15 is 0 Å². The number of rotatable bonds is 3. The number of aryl methyl sites for hydroxylation is 1. The van der Waals surface area contributed by atoms with Gasteiger partial charge in [-0.3, -0.25) is 9.78 Å². The molecule has 146 valence electrons. The van der Waals surface area contributed by atoms with Gasteiger partial charge < -0.3 is 4.74 Å². The maximum Gasteiger partial charge on any atom is 0.286 e. The predicted octanol–water partition coefficient (Wildman–Crippen LogP) is 4.10. The zero-order chi connectivity index (χ0) is 20.9. The summed E-state index contributed by atoms with van der Waals surface area (Å²) in [4.78, 5) is 17.1. The number of amides is 1. The first-order valence-electron chi connectivity index (χ1n) is 8.82. The molecule has 0 aliphatic rings. The first-order valence-corrected chi connectivity index (χ1v) is 10.7. The molecule has 0 bridgehead atoms. The van der Waals surface area contributed by atoms with Crippen LogP contribution in [0.4, 0.5) is 0 Å². The molecule has 3 rings (SSSR count). The Morgan fingerprint density at radius 3 is 2.52 bits per heavy atom. The van der Waals surface area contributed by atoms with Crippen LogP contribution in [0.1, 0.15) is 27.0 Å². The zero-order valence-electron chi connectivity index (χ0n) is 16.4. The number of ether oxygens (including phenoxy) is 1. The standard InChI is InChI=1S/C23H20N2O3S/c1-17-13-21(28-2)12-11-19(17)10-9-18-14-20(16-24-15-18)23(26)25-29(3,27)22-7-5-4-6-8-22/h4-8,11-16H,1-3H3. The fraction of sp³-hybridized carbons (Fsp3) is 0.130. The molecule has 3 aromatic rings. The second-order valence-electron chi connectivity index (χ2n) is 6.41. The minimum absolute atomic E-state index is 0.244. The lowest BCUT2D eigenvalue weighted by atomic mass is 10.1. The molecule has 0 N–H and O–H groups in total. The second kappa shape index (κ2) is 8.72. The minimum atomic E-state index is -2.84. The van der Waals surface area contributed by atoms with Crippen molar-refractivity contribution in [2.75, 3.05) is 13.4 Å². The summed E-state index contributed by atoms with van der Waals surface area (Å²) in [6, 6.07) is 16.0. The highest BCUT2D eigenvalue weighted by Gasteiger charge is 2.11. The third-order valence-corrected chi connectivity index (χ3v) is 5.86. The number of carbonyl (C=O) groups excluding carboxylic acids is 1. The van der Waals surface area contributed by atoms with Gasteiger partial charge in [0.25, 0.3) is 5.91 Å². The molecule has 5 nitrogen and oxygen atoms in total. The summed E-state index contributed by atoms with van der Waals surface area (Å²) in [5, 5.41) is 0. The average molecular weight is 404 g/mol. The van der Waals surface area contributed by atoms with Crippen molar-refractivity contribution in [3.8, 4) is 17.6 Å². The molecule has 6 heteroatoms. The van der Waals surface area contributed by atoms with Crippen LogP contribution in [0.5, 0.6) is 5.75 Å². The van der Waals surface area contributed by atoms with Gasteiger partial charge in [0.15, 0.2) is 0 Å². The average Bonchev–Trinajstić information content (AvgIpc) is 2.73. The van der Waals surface area contributed by atoms with E-state index in [9.17, 15) is 9.00 Å². The molecule has 1 aromatic heterocycles. The quantitative estimate of drug-likeness (QED) is 0.617. The normalized spacial score (nSPS) is 12.2. The Morgan fingerprint density at radius 1 is 1.07 bits per heavy atom. The molecule has 1 unspecified atom stereocenters. The van der Waals surface area contributed by atoms with Crippen molar-refractivity contribution < 1.29 is 13.7 Å². The third kappa shape index (κ3) is 5.09. The monoisotopic (exact) mass is 404 g/mol. The van der Waals surface area contributed by atoms with Crippen molar-refractivity contribution in [1.82, 2.24) is 4.98 Å². The molecule has 1 amide bonds. The molecule has 0 saturated carbocycles. The second-order valence-corrected chi connectivity index (χ2v) is 8.66. The first-order chi connectivity index (χ1) is 13.9. The number of hydrogen-bond donors (Lipinski definition) is 0. The molecule has 0 aliphatic carbocycles. The van der Waals surface area contributed by atoms with Crippen molar-refractivity contribution in [3.63, 3.8) is 0 Å². The van der Waals surface area contributed by atoms with Gasteiger partial charge in [-0.1, -0.05) is 30.0 Å². The first kappa shape index (κ1) is 20.3. The summed E-state index contributed by atoms with van der Waals surface area (Å²) in [5.41, 5.74) is 2.66. The Bertz CT molecular complexity index is 1230. The number of benzene rings is 2. The van der Waals surface area contributed by atoms with Gasteiger partial charge in [0, 0.05) is 34.7 Å². The molecule has 0 spiro atoms. The number of aromatic nitrogens is 1. The lowest BCUT2D eigenvalue weighted by Gasteiger charge is -2.04. The van der Waals surface area contributed by atoms with Gasteiger partial charge in [0.2, 0.25) is 0 Å². The van der Waals surface area contributed by atoms with Gasteiger partial charge in [-0.15, -0.1) is 0 Å². The fourth-order valence-corrected chi connectivity index (χ4v) is 3.79. The van der Waals surface area contributed by atoms with Gasteiger partial charge in [0.1, 0.15) is 5.75 Å². The summed E-state index contributed by atoms with van der Waals surface area (Å²) in [6.07, 6.45) is 4.42. The van der Waals surface area contributed by atoms with Crippen LogP contribution in [0.25, 0.3) is 0 Å². The maximum absolute atomic E-state index is 12.8. The third-order valence-electron chi connectivity index (χ3n) is 4.20. The number of pyridine rings is 1. The van der Waals surface area contributed by atoms with E-state index in [1.807, 2.05) is 31.2 Å². The molecule has 0 radical (unpaired) electrons. The summed E-state index contributed by atoms with van der Waals surface area (Å²) >= 11 is 0. The van der Waals surface area contributed by atoms with Crippen LogP contribution in [-0.2, 0) is 9.73 Å². The van der Waals surface area contributed by atoms with E-state index in [4.69, 9.17) is 4.74 Å². The van der Waals surface area contributed by atoms with Crippen LogP contribution >= 0.6 is 0 Å². The molecular weight excluding hydrogens is 384 g/mol. The fourth-order valence-electron chi connectivity index (χ4n) is 2.60.